The molecule has 1 unspecified atom stereocenters. The van der Waals surface area contributed by atoms with Gasteiger partial charge in [-0.05, 0) is 5.92 Å². The van der Waals surface area contributed by atoms with Gasteiger partial charge in [0.15, 0.2) is 11.6 Å². The van der Waals surface area contributed by atoms with E-state index in [1.165, 1.54) is 14.2 Å². The van der Waals surface area contributed by atoms with Crippen molar-refractivity contribution >= 4 is 17.3 Å². The molecule has 1 rings (SSSR count). The molecule has 0 spiro atoms. The van der Waals surface area contributed by atoms with Gasteiger partial charge >= 0.3 is 5.97 Å². The SMILES string of the molecule is COC(=O)C(Nc1cc(OC)c(F)cc1[N+](=O)[O-])C(C)C. The maximum Gasteiger partial charge on any atom is 0.328 e. The van der Waals surface area contributed by atoms with Crippen molar-refractivity contribution in [3.8, 4) is 5.75 Å². The standard InChI is InChI=1S/C13H17FN2O5/c1-7(2)12(13(17)21-4)15-9-6-11(20-3)8(14)5-10(9)16(18)19/h5-7,12,15H,1-4H3. The van der Waals surface area contributed by atoms with Gasteiger partial charge in [0, 0.05) is 6.07 Å². The van der Waals surface area contributed by atoms with Crippen molar-refractivity contribution in [1.82, 2.24) is 0 Å². The fourth-order valence-corrected chi connectivity index (χ4v) is 1.76. The molecule has 0 saturated heterocycles. The minimum Gasteiger partial charge on any atom is -0.494 e. The first-order chi connectivity index (χ1) is 9.81. The van der Waals surface area contributed by atoms with Gasteiger partial charge in [-0.1, -0.05) is 13.8 Å². The van der Waals surface area contributed by atoms with Gasteiger partial charge in [0.2, 0.25) is 0 Å². The minimum atomic E-state index is -0.853. The summed E-state index contributed by atoms with van der Waals surface area (Å²) in [6.45, 7) is 3.50. The summed E-state index contributed by atoms with van der Waals surface area (Å²) in [5.41, 5.74) is -0.495. The first-order valence-electron chi connectivity index (χ1n) is 6.18. The van der Waals surface area contributed by atoms with Crippen LogP contribution in [0, 0.1) is 21.8 Å². The Labute approximate surface area is 121 Å². The highest BCUT2D eigenvalue weighted by atomic mass is 19.1. The number of hydrogen-bond donors (Lipinski definition) is 1. The highest BCUT2D eigenvalue weighted by molar-refractivity contribution is 5.81. The van der Waals surface area contributed by atoms with E-state index in [0.717, 1.165) is 12.1 Å². The Morgan fingerprint density at radius 3 is 2.43 bits per heavy atom. The van der Waals surface area contributed by atoms with Gasteiger partial charge in [0.1, 0.15) is 11.7 Å². The minimum absolute atomic E-state index is 0.0117. The van der Waals surface area contributed by atoms with E-state index < -0.39 is 28.4 Å². The number of benzene rings is 1. The molecule has 0 aliphatic carbocycles. The van der Waals surface area contributed by atoms with Gasteiger partial charge in [-0.15, -0.1) is 0 Å². The number of carbonyl (C=O) groups excluding carboxylic acids is 1. The molecule has 1 N–H and O–H groups in total. The summed E-state index contributed by atoms with van der Waals surface area (Å²) in [5.74, 6) is -1.76. The normalized spacial score (nSPS) is 11.9. The van der Waals surface area contributed by atoms with Crippen LogP contribution in [0.5, 0.6) is 5.75 Å². The summed E-state index contributed by atoms with van der Waals surface area (Å²) in [6.07, 6.45) is 0. The first-order valence-corrected chi connectivity index (χ1v) is 6.18. The number of ether oxygens (including phenoxy) is 2. The van der Waals surface area contributed by atoms with Crippen LogP contribution >= 0.6 is 0 Å². The molecule has 0 heterocycles. The molecule has 0 fully saturated rings. The third-order valence-electron chi connectivity index (χ3n) is 2.90. The number of nitro groups is 1. The number of nitro benzene ring substituents is 1. The Morgan fingerprint density at radius 2 is 2.00 bits per heavy atom. The van der Waals surface area contributed by atoms with E-state index in [0.29, 0.717) is 0 Å². The number of halogens is 1. The van der Waals surface area contributed by atoms with Crippen LogP contribution < -0.4 is 10.1 Å². The molecule has 0 aliphatic rings. The van der Waals surface area contributed by atoms with Crippen LogP contribution in [0.1, 0.15) is 13.8 Å². The van der Waals surface area contributed by atoms with Gasteiger partial charge < -0.3 is 14.8 Å². The number of rotatable bonds is 6. The molecule has 0 radical (unpaired) electrons. The molecule has 1 atom stereocenters. The van der Waals surface area contributed by atoms with E-state index in [9.17, 15) is 19.3 Å². The lowest BCUT2D eigenvalue weighted by atomic mass is 10.0. The predicted octanol–water partition coefficient (Wildman–Crippen LogP) is 2.35. The topological polar surface area (TPSA) is 90.7 Å². The lowest BCUT2D eigenvalue weighted by Gasteiger charge is -2.21. The average Bonchev–Trinajstić information content (AvgIpc) is 2.44. The third kappa shape index (κ3) is 3.80. The number of nitrogens with zero attached hydrogens (tertiary/aromatic N) is 1. The quantitative estimate of drug-likeness (QED) is 0.492. The van der Waals surface area contributed by atoms with Gasteiger partial charge in [-0.25, -0.2) is 9.18 Å². The summed E-state index contributed by atoms with van der Waals surface area (Å²) in [6, 6.07) is 1.09. The maximum absolute atomic E-state index is 13.6. The summed E-state index contributed by atoms with van der Waals surface area (Å²) in [4.78, 5) is 22.0. The second-order valence-corrected chi connectivity index (χ2v) is 4.65. The van der Waals surface area contributed by atoms with E-state index in [1.54, 1.807) is 13.8 Å². The summed E-state index contributed by atoms with van der Waals surface area (Å²) < 4.78 is 23.0. The molecule has 0 amide bonds. The van der Waals surface area contributed by atoms with Crippen molar-refractivity contribution in [1.29, 1.82) is 0 Å². The van der Waals surface area contributed by atoms with E-state index >= 15 is 0 Å². The molecule has 0 aliphatic heterocycles. The van der Waals surface area contributed by atoms with Gasteiger partial charge in [-0.3, -0.25) is 10.1 Å². The third-order valence-corrected chi connectivity index (χ3v) is 2.90. The van der Waals surface area contributed by atoms with E-state index in [-0.39, 0.29) is 17.4 Å². The largest absolute Gasteiger partial charge is 0.494 e. The van der Waals surface area contributed by atoms with E-state index in [1.807, 2.05) is 0 Å². The lowest BCUT2D eigenvalue weighted by molar-refractivity contribution is -0.384. The average molecular weight is 300 g/mol. The Bertz CT molecular complexity index is 548. The molecule has 8 heteroatoms. The number of methoxy groups -OCH3 is 2. The Hall–Kier alpha value is -2.38. The molecule has 0 aromatic heterocycles. The Balaban J connectivity index is 3.26. The van der Waals surface area contributed by atoms with Gasteiger partial charge in [-0.2, -0.15) is 0 Å². The zero-order chi connectivity index (χ0) is 16.2. The summed E-state index contributed by atoms with van der Waals surface area (Å²) in [5, 5.41) is 13.7. The van der Waals surface area contributed by atoms with Crippen LogP contribution in [0.25, 0.3) is 0 Å². The molecule has 1 aromatic rings. The lowest BCUT2D eigenvalue weighted by Crippen LogP contribution is -2.35. The fourth-order valence-electron chi connectivity index (χ4n) is 1.76. The number of carbonyl (C=O) groups is 1. The molecule has 7 nitrogen and oxygen atoms in total. The molecule has 21 heavy (non-hydrogen) atoms. The van der Waals surface area contributed by atoms with Crippen molar-refractivity contribution in [3.05, 3.63) is 28.1 Å². The Morgan fingerprint density at radius 1 is 1.38 bits per heavy atom. The van der Waals surface area contributed by atoms with Crippen LogP contribution in [-0.4, -0.2) is 31.2 Å². The highest BCUT2D eigenvalue weighted by Gasteiger charge is 2.27. The van der Waals surface area contributed by atoms with Crippen LogP contribution in [0.4, 0.5) is 15.8 Å². The summed E-state index contributed by atoms with van der Waals surface area (Å²) >= 11 is 0. The zero-order valence-electron chi connectivity index (χ0n) is 12.2. The number of anilines is 1. The fraction of sp³-hybridized carbons (Fsp3) is 0.462. The van der Waals surface area contributed by atoms with Crippen LogP contribution in [0.2, 0.25) is 0 Å². The van der Waals surface area contributed by atoms with Gasteiger partial charge in [0.05, 0.1) is 25.2 Å². The predicted molar refractivity (Wildman–Crippen MR) is 73.9 cm³/mol. The number of nitrogens with one attached hydrogen (secondary N) is 1. The van der Waals surface area contributed by atoms with Crippen molar-refractivity contribution in [3.63, 3.8) is 0 Å². The van der Waals surface area contributed by atoms with Crippen molar-refractivity contribution in [2.24, 2.45) is 5.92 Å². The van der Waals surface area contributed by atoms with E-state index in [4.69, 9.17) is 4.74 Å². The molecule has 116 valence electrons. The molecule has 0 saturated carbocycles. The Kier molecular flexibility index (Phi) is 5.45. The monoisotopic (exact) mass is 300 g/mol. The number of hydrogen-bond acceptors (Lipinski definition) is 6. The number of esters is 1. The second-order valence-electron chi connectivity index (χ2n) is 4.65. The van der Waals surface area contributed by atoms with Crippen molar-refractivity contribution < 1.29 is 23.6 Å². The zero-order valence-corrected chi connectivity index (χ0v) is 12.2. The smallest absolute Gasteiger partial charge is 0.328 e. The van der Waals surface area contributed by atoms with E-state index in [2.05, 4.69) is 10.1 Å². The molecular formula is C13H17FN2O5. The van der Waals surface area contributed by atoms with Gasteiger partial charge in [0.25, 0.3) is 5.69 Å². The maximum atomic E-state index is 13.6. The first kappa shape index (κ1) is 16.7. The second kappa shape index (κ2) is 6.87. The molecule has 1 aromatic carbocycles. The van der Waals surface area contributed by atoms with Crippen molar-refractivity contribution in [2.45, 2.75) is 19.9 Å². The molecule has 0 bridgehead atoms. The van der Waals surface area contributed by atoms with Crippen molar-refractivity contribution in [2.75, 3.05) is 19.5 Å². The molecular weight excluding hydrogens is 283 g/mol. The highest BCUT2D eigenvalue weighted by Crippen LogP contribution is 2.32. The summed E-state index contributed by atoms with van der Waals surface area (Å²) in [7, 11) is 2.47. The van der Waals surface area contributed by atoms with Crippen LogP contribution in [-0.2, 0) is 9.53 Å². The van der Waals surface area contributed by atoms with Crippen LogP contribution in [0.15, 0.2) is 12.1 Å². The van der Waals surface area contributed by atoms with Crippen LogP contribution in [0.3, 0.4) is 0 Å².